The number of halogens is 2. The van der Waals surface area contributed by atoms with Gasteiger partial charge in [0, 0.05) is 25.8 Å². The Morgan fingerprint density at radius 2 is 2.29 bits per heavy atom. The molecule has 0 bridgehead atoms. The number of methoxy groups -OCH3 is 1. The second-order valence-electron chi connectivity index (χ2n) is 3.66. The summed E-state index contributed by atoms with van der Waals surface area (Å²) >= 11 is 3.34. The Bertz CT molecular complexity index is 512. The quantitative estimate of drug-likeness (QED) is 0.862. The van der Waals surface area contributed by atoms with Gasteiger partial charge in [0.15, 0.2) is 5.58 Å². The molecule has 3 nitrogen and oxygen atoms in total. The molecule has 5 heteroatoms. The molecule has 0 unspecified atom stereocenters. The minimum absolute atomic E-state index is 0.263. The zero-order valence-corrected chi connectivity index (χ0v) is 11.0. The first-order chi connectivity index (χ1) is 8.24. The third kappa shape index (κ3) is 2.68. The Hall–Kier alpha value is -0.910. The highest BCUT2D eigenvalue weighted by Gasteiger charge is 2.12. The largest absolute Gasteiger partial charge is 0.463 e. The molecular weight excluding hydrogens is 289 g/mol. The summed E-state index contributed by atoms with van der Waals surface area (Å²) in [7, 11) is 1.64. The van der Waals surface area contributed by atoms with E-state index in [1.54, 1.807) is 19.4 Å². The van der Waals surface area contributed by atoms with Crippen molar-refractivity contribution < 1.29 is 13.5 Å². The number of ether oxygens (including phenoxy) is 1. The molecule has 0 aliphatic heterocycles. The Balaban J connectivity index is 2.20. The Morgan fingerprint density at radius 1 is 1.47 bits per heavy atom. The average molecular weight is 302 g/mol. The summed E-state index contributed by atoms with van der Waals surface area (Å²) in [6.07, 6.45) is 1.58. The summed E-state index contributed by atoms with van der Waals surface area (Å²) in [4.78, 5) is 0. The van der Waals surface area contributed by atoms with Crippen molar-refractivity contribution in [2.24, 2.45) is 0 Å². The van der Waals surface area contributed by atoms with E-state index >= 15 is 0 Å². The molecule has 0 spiro atoms. The molecule has 2 rings (SSSR count). The van der Waals surface area contributed by atoms with Crippen LogP contribution >= 0.6 is 15.9 Å². The Kier molecular flexibility index (Phi) is 4.15. The minimum atomic E-state index is -0.263. The van der Waals surface area contributed by atoms with E-state index in [4.69, 9.17) is 9.15 Å². The lowest BCUT2D eigenvalue weighted by atomic mass is 10.1. The van der Waals surface area contributed by atoms with Gasteiger partial charge in [-0.25, -0.2) is 4.39 Å². The maximum Gasteiger partial charge on any atom is 0.151 e. The first kappa shape index (κ1) is 12.5. The van der Waals surface area contributed by atoms with E-state index in [0.717, 1.165) is 16.6 Å². The number of nitrogens with one attached hydrogen (secondary N) is 1. The zero-order valence-electron chi connectivity index (χ0n) is 9.43. The second kappa shape index (κ2) is 5.62. The van der Waals surface area contributed by atoms with E-state index in [9.17, 15) is 4.39 Å². The minimum Gasteiger partial charge on any atom is -0.463 e. The van der Waals surface area contributed by atoms with Gasteiger partial charge < -0.3 is 14.5 Å². The lowest BCUT2D eigenvalue weighted by Gasteiger charge is -2.02. The van der Waals surface area contributed by atoms with Gasteiger partial charge in [0.2, 0.25) is 0 Å². The van der Waals surface area contributed by atoms with Gasteiger partial charge >= 0.3 is 0 Å². The van der Waals surface area contributed by atoms with Crippen molar-refractivity contribution >= 4 is 26.9 Å². The highest BCUT2D eigenvalue weighted by Crippen LogP contribution is 2.30. The molecule has 0 amide bonds. The van der Waals surface area contributed by atoms with Crippen molar-refractivity contribution in [2.75, 3.05) is 20.3 Å². The van der Waals surface area contributed by atoms with Gasteiger partial charge in [-0.3, -0.25) is 0 Å². The van der Waals surface area contributed by atoms with Gasteiger partial charge in [0.1, 0.15) is 5.82 Å². The lowest BCUT2D eigenvalue weighted by Crippen LogP contribution is -2.18. The molecule has 2 aromatic rings. The first-order valence-electron chi connectivity index (χ1n) is 5.27. The second-order valence-corrected chi connectivity index (χ2v) is 4.52. The number of hydrogen-bond donors (Lipinski definition) is 1. The van der Waals surface area contributed by atoms with Crippen LogP contribution in [0.4, 0.5) is 4.39 Å². The van der Waals surface area contributed by atoms with Crippen LogP contribution in [0, 0.1) is 5.82 Å². The maximum atomic E-state index is 13.7. The van der Waals surface area contributed by atoms with E-state index in [-0.39, 0.29) is 5.82 Å². The van der Waals surface area contributed by atoms with Crippen molar-refractivity contribution in [3.05, 3.63) is 34.2 Å². The van der Waals surface area contributed by atoms with Crippen LogP contribution < -0.4 is 5.32 Å². The van der Waals surface area contributed by atoms with Crippen LogP contribution in [0.15, 0.2) is 27.3 Å². The van der Waals surface area contributed by atoms with Crippen molar-refractivity contribution in [3.8, 4) is 0 Å². The molecule has 1 aromatic carbocycles. The van der Waals surface area contributed by atoms with Crippen LogP contribution in [0.3, 0.4) is 0 Å². The number of fused-ring (bicyclic) bond motifs is 1. The molecule has 17 heavy (non-hydrogen) atoms. The molecule has 0 radical (unpaired) electrons. The van der Waals surface area contributed by atoms with Crippen LogP contribution in [0.25, 0.3) is 11.0 Å². The van der Waals surface area contributed by atoms with Crippen LogP contribution in [-0.4, -0.2) is 20.3 Å². The average Bonchev–Trinajstić information content (AvgIpc) is 2.75. The fraction of sp³-hybridized carbons (Fsp3) is 0.333. The van der Waals surface area contributed by atoms with Crippen molar-refractivity contribution in [1.82, 2.24) is 5.32 Å². The van der Waals surface area contributed by atoms with Crippen LogP contribution in [0.1, 0.15) is 5.56 Å². The standard InChI is InChI=1S/C12H13BrFNO2/c1-16-5-4-15-6-8-7-17-12-9(13)2-3-10(14)11(8)12/h2-3,7,15H,4-6H2,1H3. The normalized spacial score (nSPS) is 11.2. The molecule has 1 heterocycles. The molecule has 0 saturated carbocycles. The van der Waals surface area contributed by atoms with Gasteiger partial charge in [0.05, 0.1) is 22.7 Å². The molecule has 1 N–H and O–H groups in total. The molecular formula is C12H13BrFNO2. The fourth-order valence-electron chi connectivity index (χ4n) is 1.66. The van der Waals surface area contributed by atoms with Crippen LogP contribution in [0.5, 0.6) is 0 Å². The summed E-state index contributed by atoms with van der Waals surface area (Å²) in [6.45, 7) is 1.91. The van der Waals surface area contributed by atoms with Gasteiger partial charge in [-0.1, -0.05) is 0 Å². The van der Waals surface area contributed by atoms with Crippen molar-refractivity contribution in [3.63, 3.8) is 0 Å². The highest BCUT2D eigenvalue weighted by atomic mass is 79.9. The number of benzene rings is 1. The summed E-state index contributed by atoms with van der Waals surface area (Å²) in [5.74, 6) is -0.263. The Labute approximate surface area is 107 Å². The summed E-state index contributed by atoms with van der Waals surface area (Å²) in [6, 6.07) is 3.07. The van der Waals surface area contributed by atoms with E-state index in [1.807, 2.05) is 0 Å². The predicted octanol–water partition coefficient (Wildman–Crippen LogP) is 3.07. The van der Waals surface area contributed by atoms with Gasteiger partial charge in [-0.05, 0) is 28.1 Å². The van der Waals surface area contributed by atoms with E-state index in [0.29, 0.717) is 24.1 Å². The van der Waals surface area contributed by atoms with E-state index < -0.39 is 0 Å². The molecule has 0 aliphatic carbocycles. The lowest BCUT2D eigenvalue weighted by molar-refractivity contribution is 0.199. The van der Waals surface area contributed by atoms with Gasteiger partial charge in [-0.15, -0.1) is 0 Å². The van der Waals surface area contributed by atoms with Crippen LogP contribution in [-0.2, 0) is 11.3 Å². The fourth-order valence-corrected chi connectivity index (χ4v) is 2.09. The smallest absolute Gasteiger partial charge is 0.151 e. The molecule has 0 atom stereocenters. The van der Waals surface area contributed by atoms with Gasteiger partial charge in [0.25, 0.3) is 0 Å². The summed E-state index contributed by atoms with van der Waals surface area (Å²) < 4.78 is 24.7. The number of rotatable bonds is 5. The molecule has 0 fully saturated rings. The SMILES string of the molecule is COCCNCc1coc2c(Br)ccc(F)c12. The first-order valence-corrected chi connectivity index (χ1v) is 6.07. The number of hydrogen-bond acceptors (Lipinski definition) is 3. The molecule has 0 saturated heterocycles. The van der Waals surface area contributed by atoms with Crippen molar-refractivity contribution in [2.45, 2.75) is 6.54 Å². The highest BCUT2D eigenvalue weighted by molar-refractivity contribution is 9.10. The third-order valence-corrected chi connectivity index (χ3v) is 3.12. The Morgan fingerprint density at radius 3 is 3.06 bits per heavy atom. The summed E-state index contributed by atoms with van der Waals surface area (Å²) in [5.41, 5.74) is 1.36. The molecule has 92 valence electrons. The summed E-state index contributed by atoms with van der Waals surface area (Å²) in [5, 5.41) is 3.69. The monoisotopic (exact) mass is 301 g/mol. The predicted molar refractivity (Wildman–Crippen MR) is 67.5 cm³/mol. The topological polar surface area (TPSA) is 34.4 Å². The van der Waals surface area contributed by atoms with Crippen LogP contribution in [0.2, 0.25) is 0 Å². The molecule has 1 aromatic heterocycles. The van der Waals surface area contributed by atoms with E-state index in [1.165, 1.54) is 6.07 Å². The molecule has 0 aliphatic rings. The van der Waals surface area contributed by atoms with Gasteiger partial charge in [-0.2, -0.15) is 0 Å². The third-order valence-electron chi connectivity index (χ3n) is 2.50. The van der Waals surface area contributed by atoms with Crippen molar-refractivity contribution in [1.29, 1.82) is 0 Å². The van der Waals surface area contributed by atoms with E-state index in [2.05, 4.69) is 21.2 Å². The maximum absolute atomic E-state index is 13.7. The zero-order chi connectivity index (χ0) is 12.3. The number of furan rings is 1.